The molecule has 2 N–H and O–H groups in total. The molecule has 0 spiro atoms. The fraction of sp³-hybridized carbons (Fsp3) is 0.444. The van der Waals surface area contributed by atoms with E-state index in [0.29, 0.717) is 17.6 Å². The second kappa shape index (κ2) is 8.31. The van der Waals surface area contributed by atoms with Crippen molar-refractivity contribution in [2.45, 2.75) is 38.3 Å². The number of aromatic nitrogens is 2. The first-order valence-electron chi connectivity index (χ1n) is 8.44. The number of hydrogen-bond acceptors (Lipinski definition) is 5. The van der Waals surface area contributed by atoms with Gasteiger partial charge in [-0.2, -0.15) is 0 Å². The molecule has 3 heterocycles. The molecular formula is C18H23ClN4O. The molecule has 24 heavy (non-hydrogen) atoms. The van der Waals surface area contributed by atoms with Crippen molar-refractivity contribution in [3.63, 3.8) is 0 Å². The number of nitrogens with one attached hydrogen (secondary N) is 1. The van der Waals surface area contributed by atoms with Gasteiger partial charge in [0.1, 0.15) is 11.6 Å². The van der Waals surface area contributed by atoms with Gasteiger partial charge in [-0.25, -0.2) is 9.97 Å². The summed E-state index contributed by atoms with van der Waals surface area (Å²) in [4.78, 5) is 11.2. The zero-order chi connectivity index (χ0) is 16.8. The van der Waals surface area contributed by atoms with E-state index in [2.05, 4.69) is 32.3 Å². The lowest BCUT2D eigenvalue weighted by molar-refractivity contribution is 0.262. The Morgan fingerprint density at radius 2 is 2.08 bits per heavy atom. The summed E-state index contributed by atoms with van der Waals surface area (Å²) in [5, 5.41) is 13.1. The van der Waals surface area contributed by atoms with Crippen molar-refractivity contribution in [1.29, 1.82) is 0 Å². The van der Waals surface area contributed by atoms with Gasteiger partial charge in [0.15, 0.2) is 0 Å². The van der Waals surface area contributed by atoms with Crippen LogP contribution in [0.2, 0.25) is 5.02 Å². The summed E-state index contributed by atoms with van der Waals surface area (Å²) in [6, 6.07) is 8.24. The molecule has 0 aromatic carbocycles. The van der Waals surface area contributed by atoms with Crippen LogP contribution in [0.4, 0.5) is 11.6 Å². The summed E-state index contributed by atoms with van der Waals surface area (Å²) in [6.07, 6.45) is 7.90. The van der Waals surface area contributed by atoms with E-state index in [1.807, 2.05) is 18.3 Å². The summed E-state index contributed by atoms with van der Waals surface area (Å²) >= 11 is 5.83. The van der Waals surface area contributed by atoms with Crippen LogP contribution in [0.15, 0.2) is 36.7 Å². The monoisotopic (exact) mass is 346 g/mol. The molecule has 0 unspecified atom stereocenters. The second-order valence-electron chi connectivity index (χ2n) is 6.10. The minimum Gasteiger partial charge on any atom is -0.396 e. The molecule has 3 rings (SSSR count). The topological polar surface area (TPSA) is 61.3 Å². The summed E-state index contributed by atoms with van der Waals surface area (Å²) < 4.78 is 0. The minimum atomic E-state index is 0.233. The number of halogens is 1. The van der Waals surface area contributed by atoms with E-state index in [9.17, 15) is 5.11 Å². The maximum Gasteiger partial charge on any atom is 0.128 e. The van der Waals surface area contributed by atoms with Gasteiger partial charge in [-0.05, 0) is 49.4 Å². The molecule has 1 fully saturated rings. The van der Waals surface area contributed by atoms with Gasteiger partial charge in [0.05, 0.1) is 5.02 Å². The Morgan fingerprint density at radius 1 is 1.17 bits per heavy atom. The summed E-state index contributed by atoms with van der Waals surface area (Å²) in [6.45, 7) is 1.92. The average Bonchev–Trinajstić information content (AvgIpc) is 2.63. The summed E-state index contributed by atoms with van der Waals surface area (Å²) in [5.74, 6) is 1.80. The van der Waals surface area contributed by atoms with Crippen molar-refractivity contribution in [2.75, 3.05) is 23.4 Å². The van der Waals surface area contributed by atoms with E-state index in [4.69, 9.17) is 11.6 Å². The molecule has 5 nitrogen and oxygen atoms in total. The summed E-state index contributed by atoms with van der Waals surface area (Å²) in [5.41, 5.74) is 1.10. The highest BCUT2D eigenvalue weighted by Gasteiger charge is 2.22. The van der Waals surface area contributed by atoms with Crippen molar-refractivity contribution >= 4 is 23.2 Å². The van der Waals surface area contributed by atoms with E-state index in [1.165, 1.54) is 12.8 Å². The van der Waals surface area contributed by atoms with Gasteiger partial charge in [-0.1, -0.05) is 17.7 Å². The van der Waals surface area contributed by atoms with Crippen LogP contribution in [-0.2, 0) is 6.54 Å². The maximum atomic E-state index is 9.25. The SMILES string of the molecule is OCC[C@@H]1CCCCN1c1ccc(CNc2ccc(Cl)cn2)cn1. The first-order chi connectivity index (χ1) is 11.8. The lowest BCUT2D eigenvalue weighted by Gasteiger charge is -2.36. The van der Waals surface area contributed by atoms with Crippen molar-refractivity contribution in [3.05, 3.63) is 47.2 Å². The molecule has 6 heteroatoms. The first kappa shape index (κ1) is 17.0. The van der Waals surface area contributed by atoms with E-state index < -0.39 is 0 Å². The van der Waals surface area contributed by atoms with Gasteiger partial charge in [0.25, 0.3) is 0 Å². The fourth-order valence-electron chi connectivity index (χ4n) is 3.12. The van der Waals surface area contributed by atoms with Crippen LogP contribution in [0.5, 0.6) is 0 Å². The minimum absolute atomic E-state index is 0.233. The van der Waals surface area contributed by atoms with Gasteiger partial charge in [-0.3, -0.25) is 0 Å². The largest absolute Gasteiger partial charge is 0.396 e. The Kier molecular flexibility index (Phi) is 5.88. The third-order valence-corrected chi connectivity index (χ3v) is 4.62. The molecule has 1 aliphatic rings. The Balaban J connectivity index is 1.61. The number of hydrogen-bond donors (Lipinski definition) is 2. The van der Waals surface area contributed by atoms with Crippen LogP contribution in [0, 0.1) is 0 Å². The Hall–Kier alpha value is -1.85. The number of anilines is 2. The predicted octanol–water partition coefficient (Wildman–Crippen LogP) is 3.48. The number of pyridine rings is 2. The van der Waals surface area contributed by atoms with Crippen molar-refractivity contribution < 1.29 is 5.11 Å². The molecule has 128 valence electrons. The zero-order valence-corrected chi connectivity index (χ0v) is 14.4. The van der Waals surface area contributed by atoms with Gasteiger partial charge in [0, 0.05) is 38.1 Å². The van der Waals surface area contributed by atoms with Crippen LogP contribution < -0.4 is 10.2 Å². The Morgan fingerprint density at radius 3 is 2.79 bits per heavy atom. The molecule has 0 radical (unpaired) electrons. The fourth-order valence-corrected chi connectivity index (χ4v) is 3.23. The first-order valence-corrected chi connectivity index (χ1v) is 8.82. The van der Waals surface area contributed by atoms with Crippen LogP contribution >= 0.6 is 11.6 Å². The highest BCUT2D eigenvalue weighted by molar-refractivity contribution is 6.30. The van der Waals surface area contributed by atoms with Crippen molar-refractivity contribution in [3.8, 4) is 0 Å². The summed E-state index contributed by atoms with van der Waals surface area (Å²) in [7, 11) is 0. The van der Waals surface area contributed by atoms with E-state index in [-0.39, 0.29) is 6.61 Å². The second-order valence-corrected chi connectivity index (χ2v) is 6.53. The van der Waals surface area contributed by atoms with Crippen molar-refractivity contribution in [1.82, 2.24) is 9.97 Å². The van der Waals surface area contributed by atoms with Gasteiger partial charge in [-0.15, -0.1) is 0 Å². The normalized spacial score (nSPS) is 17.8. The number of aliphatic hydroxyl groups is 1. The number of rotatable bonds is 6. The Bertz CT molecular complexity index is 630. The molecule has 0 bridgehead atoms. The molecule has 0 amide bonds. The van der Waals surface area contributed by atoms with Crippen LogP contribution in [0.25, 0.3) is 0 Å². The molecule has 2 aromatic rings. The lowest BCUT2D eigenvalue weighted by atomic mass is 9.99. The smallest absolute Gasteiger partial charge is 0.128 e. The zero-order valence-electron chi connectivity index (χ0n) is 13.7. The molecule has 1 atom stereocenters. The molecule has 1 aliphatic heterocycles. The van der Waals surface area contributed by atoms with Crippen LogP contribution in [-0.4, -0.2) is 34.3 Å². The number of nitrogens with zero attached hydrogens (tertiary/aromatic N) is 3. The quantitative estimate of drug-likeness (QED) is 0.838. The third kappa shape index (κ3) is 4.36. The lowest BCUT2D eigenvalue weighted by Crippen LogP contribution is -2.40. The van der Waals surface area contributed by atoms with E-state index in [1.54, 1.807) is 6.20 Å². The molecular weight excluding hydrogens is 324 g/mol. The highest BCUT2D eigenvalue weighted by Crippen LogP contribution is 2.25. The number of piperidine rings is 1. The van der Waals surface area contributed by atoms with Crippen LogP contribution in [0.3, 0.4) is 0 Å². The molecule has 0 saturated carbocycles. The average molecular weight is 347 g/mol. The van der Waals surface area contributed by atoms with Crippen molar-refractivity contribution in [2.24, 2.45) is 0 Å². The van der Waals surface area contributed by atoms with Crippen LogP contribution in [0.1, 0.15) is 31.2 Å². The van der Waals surface area contributed by atoms with Gasteiger partial charge >= 0.3 is 0 Å². The predicted molar refractivity (Wildman–Crippen MR) is 97.5 cm³/mol. The van der Waals surface area contributed by atoms with E-state index >= 15 is 0 Å². The number of aliphatic hydroxyl groups excluding tert-OH is 1. The highest BCUT2D eigenvalue weighted by atomic mass is 35.5. The van der Waals surface area contributed by atoms with E-state index in [0.717, 1.165) is 36.6 Å². The standard InChI is InChI=1S/C18H23ClN4O/c19-15-5-6-17(21-13-15)20-11-14-4-7-18(22-12-14)23-9-2-1-3-16(23)8-10-24/h4-7,12-13,16,24H,1-3,8-11H2,(H,20,21)/t16-/m0/s1. The van der Waals surface area contributed by atoms with Gasteiger partial charge in [0.2, 0.25) is 0 Å². The third-order valence-electron chi connectivity index (χ3n) is 4.39. The Labute approximate surface area is 147 Å². The molecule has 0 aliphatic carbocycles. The molecule has 1 saturated heterocycles. The molecule has 2 aromatic heterocycles. The van der Waals surface area contributed by atoms with Gasteiger partial charge < -0.3 is 15.3 Å². The maximum absolute atomic E-state index is 9.25.